The van der Waals surface area contributed by atoms with Gasteiger partial charge in [-0.15, -0.1) is 0 Å². The van der Waals surface area contributed by atoms with Gasteiger partial charge in [-0.25, -0.2) is 9.97 Å². The van der Waals surface area contributed by atoms with Crippen LogP contribution in [0.4, 0.5) is 17.3 Å². The topological polar surface area (TPSA) is 50.2 Å². The lowest BCUT2D eigenvalue weighted by atomic mass is 10.1. The minimum Gasteiger partial charge on any atom is -0.325 e. The number of fused-ring (bicyclic) bond motifs is 1. The molecule has 3 aromatic rings. The molecular formula is C24H32N4. The molecule has 0 atom stereocenters. The fourth-order valence-corrected chi connectivity index (χ4v) is 2.52. The molecule has 4 rings (SSSR count). The summed E-state index contributed by atoms with van der Waals surface area (Å²) in [6, 6.07) is 19.9. The zero-order valence-corrected chi connectivity index (χ0v) is 17.9. The molecule has 3 heterocycles. The lowest BCUT2D eigenvalue weighted by molar-refractivity contribution is 1.22. The highest BCUT2D eigenvalue weighted by atomic mass is 15.1. The molecule has 148 valence electrons. The van der Waals surface area contributed by atoms with Crippen LogP contribution >= 0.6 is 0 Å². The van der Waals surface area contributed by atoms with Crippen molar-refractivity contribution in [3.8, 4) is 0 Å². The number of hydrogen-bond donors (Lipinski definition) is 1. The molecule has 28 heavy (non-hydrogen) atoms. The largest absolute Gasteiger partial charge is 0.325 e. The van der Waals surface area contributed by atoms with Crippen LogP contribution in [0.5, 0.6) is 0 Å². The van der Waals surface area contributed by atoms with E-state index in [2.05, 4.69) is 26.3 Å². The summed E-state index contributed by atoms with van der Waals surface area (Å²) < 4.78 is 0. The molecule has 0 amide bonds. The van der Waals surface area contributed by atoms with Gasteiger partial charge < -0.3 is 5.32 Å². The number of pyridine rings is 2. The quantitative estimate of drug-likeness (QED) is 0.536. The van der Waals surface area contributed by atoms with E-state index in [-0.39, 0.29) is 0 Å². The number of aliphatic imine (C=N–C) groups is 1. The van der Waals surface area contributed by atoms with E-state index >= 15 is 0 Å². The van der Waals surface area contributed by atoms with Crippen molar-refractivity contribution in [2.45, 2.75) is 48.0 Å². The SMILES string of the molecule is CC.CC.CC.c1ccc(Nc2cccc(C3=Nc4ccccc4C3)n2)nc1. The number of rotatable bonds is 3. The lowest BCUT2D eigenvalue weighted by Crippen LogP contribution is -2.05. The Morgan fingerprint density at radius 2 is 1.39 bits per heavy atom. The fourth-order valence-electron chi connectivity index (χ4n) is 2.52. The Balaban J connectivity index is 0.000000599. The van der Waals surface area contributed by atoms with Crippen molar-refractivity contribution in [1.29, 1.82) is 0 Å². The maximum Gasteiger partial charge on any atom is 0.132 e. The van der Waals surface area contributed by atoms with Crippen LogP contribution in [0.15, 0.2) is 71.9 Å². The highest BCUT2D eigenvalue weighted by Gasteiger charge is 2.16. The summed E-state index contributed by atoms with van der Waals surface area (Å²) in [4.78, 5) is 13.6. The first kappa shape index (κ1) is 23.0. The standard InChI is InChI=1S/C18H14N4.3C2H6/c1-2-7-14-13(6-1)12-16(20-14)15-8-5-10-18(21-15)22-17-9-3-4-11-19-17;3*1-2/h1-11H,12H2,(H,19,21,22);3*1-2H3. The van der Waals surface area contributed by atoms with E-state index in [1.807, 2.05) is 96.1 Å². The third kappa shape index (κ3) is 6.31. The summed E-state index contributed by atoms with van der Waals surface area (Å²) in [6.45, 7) is 12.0. The molecule has 0 bridgehead atoms. The molecule has 0 radical (unpaired) electrons. The van der Waals surface area contributed by atoms with Crippen molar-refractivity contribution in [2.24, 2.45) is 4.99 Å². The van der Waals surface area contributed by atoms with Gasteiger partial charge in [-0.05, 0) is 35.9 Å². The third-order valence-electron chi connectivity index (χ3n) is 3.57. The number of aromatic nitrogens is 2. The lowest BCUT2D eigenvalue weighted by Gasteiger charge is -2.06. The second-order valence-electron chi connectivity index (χ2n) is 5.11. The predicted molar refractivity (Wildman–Crippen MR) is 122 cm³/mol. The molecule has 0 saturated heterocycles. The Morgan fingerprint density at radius 1 is 0.714 bits per heavy atom. The van der Waals surface area contributed by atoms with Gasteiger partial charge in [-0.2, -0.15) is 0 Å². The van der Waals surface area contributed by atoms with Gasteiger partial charge in [0.2, 0.25) is 0 Å². The molecular weight excluding hydrogens is 344 g/mol. The molecule has 1 aromatic carbocycles. The van der Waals surface area contributed by atoms with Crippen molar-refractivity contribution in [3.63, 3.8) is 0 Å². The Bertz CT molecular complexity index is 842. The Morgan fingerprint density at radius 3 is 2.07 bits per heavy atom. The van der Waals surface area contributed by atoms with Crippen LogP contribution < -0.4 is 5.32 Å². The maximum absolute atomic E-state index is 4.68. The van der Waals surface area contributed by atoms with Crippen LogP contribution in [0.2, 0.25) is 0 Å². The van der Waals surface area contributed by atoms with Crippen LogP contribution in [0.3, 0.4) is 0 Å². The summed E-state index contributed by atoms with van der Waals surface area (Å²) in [5, 5.41) is 3.21. The Labute approximate surface area is 169 Å². The first-order valence-electron chi connectivity index (χ1n) is 10.2. The van der Waals surface area contributed by atoms with Crippen LogP contribution in [-0.4, -0.2) is 15.7 Å². The minimum atomic E-state index is 0.773. The Kier molecular flexibility index (Phi) is 10.9. The molecule has 1 aliphatic heterocycles. The zero-order valence-electron chi connectivity index (χ0n) is 17.9. The predicted octanol–water partition coefficient (Wildman–Crippen LogP) is 6.98. The molecule has 2 aromatic heterocycles. The smallest absolute Gasteiger partial charge is 0.132 e. The van der Waals surface area contributed by atoms with Gasteiger partial charge in [-0.1, -0.05) is 71.9 Å². The number of para-hydroxylation sites is 1. The van der Waals surface area contributed by atoms with E-state index in [0.29, 0.717) is 0 Å². The van der Waals surface area contributed by atoms with E-state index < -0.39 is 0 Å². The molecule has 0 saturated carbocycles. The summed E-state index contributed by atoms with van der Waals surface area (Å²) >= 11 is 0. The number of anilines is 2. The minimum absolute atomic E-state index is 0.773. The van der Waals surface area contributed by atoms with Crippen molar-refractivity contribution in [1.82, 2.24) is 9.97 Å². The third-order valence-corrected chi connectivity index (χ3v) is 3.57. The van der Waals surface area contributed by atoms with Crippen molar-refractivity contribution < 1.29 is 0 Å². The van der Waals surface area contributed by atoms with Gasteiger partial charge in [0.25, 0.3) is 0 Å². The van der Waals surface area contributed by atoms with Crippen LogP contribution in [0.25, 0.3) is 0 Å². The number of nitrogens with one attached hydrogen (secondary N) is 1. The van der Waals surface area contributed by atoms with Crippen molar-refractivity contribution in [2.75, 3.05) is 5.32 Å². The molecule has 0 aliphatic carbocycles. The van der Waals surface area contributed by atoms with Gasteiger partial charge in [0, 0.05) is 12.6 Å². The molecule has 1 aliphatic rings. The summed E-state index contributed by atoms with van der Waals surface area (Å²) in [5.74, 6) is 1.55. The summed E-state index contributed by atoms with van der Waals surface area (Å²) in [6.07, 6.45) is 2.58. The summed E-state index contributed by atoms with van der Waals surface area (Å²) in [7, 11) is 0. The average molecular weight is 377 g/mol. The van der Waals surface area contributed by atoms with Crippen LogP contribution in [0, 0.1) is 0 Å². The van der Waals surface area contributed by atoms with E-state index in [1.54, 1.807) is 6.20 Å². The molecule has 0 unspecified atom stereocenters. The van der Waals surface area contributed by atoms with Crippen molar-refractivity contribution >= 4 is 23.0 Å². The molecule has 1 N–H and O–H groups in total. The zero-order chi connectivity index (χ0) is 20.8. The van der Waals surface area contributed by atoms with Gasteiger partial charge in [0.05, 0.1) is 17.1 Å². The Hall–Kier alpha value is -3.01. The molecule has 0 fully saturated rings. The maximum atomic E-state index is 4.68. The van der Waals surface area contributed by atoms with E-state index in [0.717, 1.165) is 35.1 Å². The van der Waals surface area contributed by atoms with Gasteiger partial charge in [0.15, 0.2) is 0 Å². The highest BCUT2D eigenvalue weighted by Crippen LogP contribution is 2.28. The summed E-state index contributed by atoms with van der Waals surface area (Å²) in [5.41, 5.74) is 4.20. The monoisotopic (exact) mass is 376 g/mol. The average Bonchev–Trinajstić information content (AvgIpc) is 3.23. The first-order chi connectivity index (χ1) is 13.9. The van der Waals surface area contributed by atoms with E-state index in [9.17, 15) is 0 Å². The second kappa shape index (κ2) is 13.2. The number of benzene rings is 1. The number of nitrogens with zero attached hydrogens (tertiary/aromatic N) is 3. The number of hydrogen-bond acceptors (Lipinski definition) is 4. The molecule has 4 nitrogen and oxygen atoms in total. The second-order valence-corrected chi connectivity index (χ2v) is 5.11. The van der Waals surface area contributed by atoms with Crippen LogP contribution in [0.1, 0.15) is 52.8 Å². The van der Waals surface area contributed by atoms with Crippen molar-refractivity contribution in [3.05, 3.63) is 78.1 Å². The normalized spacial score (nSPS) is 10.6. The van der Waals surface area contributed by atoms with E-state index in [1.165, 1.54) is 5.56 Å². The highest BCUT2D eigenvalue weighted by molar-refractivity contribution is 6.05. The molecule has 0 spiro atoms. The first-order valence-corrected chi connectivity index (χ1v) is 10.2. The van der Waals surface area contributed by atoms with Gasteiger partial charge in [0.1, 0.15) is 11.6 Å². The fraction of sp³-hybridized carbons (Fsp3) is 0.292. The van der Waals surface area contributed by atoms with Gasteiger partial charge >= 0.3 is 0 Å². The van der Waals surface area contributed by atoms with Crippen LogP contribution in [-0.2, 0) is 6.42 Å². The molecule has 4 heteroatoms. The van der Waals surface area contributed by atoms with E-state index in [4.69, 9.17) is 0 Å². The van der Waals surface area contributed by atoms with Gasteiger partial charge in [-0.3, -0.25) is 4.99 Å².